The molecule has 0 spiro atoms. The summed E-state index contributed by atoms with van der Waals surface area (Å²) in [5.74, 6) is 1.67. The van der Waals surface area contributed by atoms with E-state index in [0.29, 0.717) is 5.56 Å². The molecular weight excluding hydrogens is 190 g/mol. The van der Waals surface area contributed by atoms with Crippen LogP contribution in [0.2, 0.25) is 0 Å². The molecule has 3 rings (SSSR count). The lowest BCUT2D eigenvalue weighted by atomic mass is 10.0. The molecule has 0 bridgehead atoms. The summed E-state index contributed by atoms with van der Waals surface area (Å²) in [7, 11) is 0. The van der Waals surface area contributed by atoms with Crippen LogP contribution in [-0.4, -0.2) is 23.9 Å². The number of hydrogen-bond acceptors (Lipinski definition) is 2. The van der Waals surface area contributed by atoms with Crippen LogP contribution in [0.25, 0.3) is 0 Å². The molecule has 3 heteroatoms. The number of furan rings is 1. The first-order valence-electron chi connectivity index (χ1n) is 5.66. The van der Waals surface area contributed by atoms with E-state index >= 15 is 0 Å². The van der Waals surface area contributed by atoms with Gasteiger partial charge in [-0.05, 0) is 30.7 Å². The smallest absolute Gasteiger partial charge is 0.257 e. The van der Waals surface area contributed by atoms with Gasteiger partial charge in [0.2, 0.25) is 0 Å². The summed E-state index contributed by atoms with van der Waals surface area (Å²) in [6.07, 6.45) is 7.06. The van der Waals surface area contributed by atoms with Crippen molar-refractivity contribution in [1.82, 2.24) is 4.90 Å². The first-order valence-corrected chi connectivity index (χ1v) is 5.66. The van der Waals surface area contributed by atoms with Gasteiger partial charge in [-0.15, -0.1) is 0 Å². The molecule has 2 aliphatic rings. The maximum Gasteiger partial charge on any atom is 0.257 e. The van der Waals surface area contributed by atoms with E-state index in [1.165, 1.54) is 25.5 Å². The highest BCUT2D eigenvalue weighted by Gasteiger charge is 2.38. The summed E-state index contributed by atoms with van der Waals surface area (Å²) in [6, 6.07) is 1.75. The Kier molecular flexibility index (Phi) is 2.04. The molecular formula is C12H15NO2. The Bertz CT molecular complexity index is 346. The maximum atomic E-state index is 12.0. The minimum absolute atomic E-state index is 0.137. The highest BCUT2D eigenvalue weighted by atomic mass is 16.3. The molecule has 1 amide bonds. The molecule has 80 valence electrons. The Balaban J connectivity index is 1.72. The molecule has 15 heavy (non-hydrogen) atoms. The number of likely N-dealkylation sites (tertiary alicyclic amines) is 1. The minimum Gasteiger partial charge on any atom is -0.472 e. The van der Waals surface area contributed by atoms with Gasteiger partial charge in [0, 0.05) is 13.1 Å². The number of fused-ring (bicyclic) bond motifs is 1. The normalized spacial score (nSPS) is 29.5. The average Bonchev–Trinajstić information content (AvgIpc) is 2.92. The lowest BCUT2D eigenvalue weighted by Gasteiger charge is -2.15. The molecule has 1 aromatic heterocycles. The van der Waals surface area contributed by atoms with Crippen molar-refractivity contribution in [3.05, 3.63) is 24.2 Å². The summed E-state index contributed by atoms with van der Waals surface area (Å²) in [5.41, 5.74) is 0.690. The summed E-state index contributed by atoms with van der Waals surface area (Å²) in [5, 5.41) is 0. The fourth-order valence-corrected chi connectivity index (χ4v) is 2.97. The quantitative estimate of drug-likeness (QED) is 0.704. The van der Waals surface area contributed by atoms with Gasteiger partial charge in [0.1, 0.15) is 6.26 Å². The summed E-state index contributed by atoms with van der Waals surface area (Å²) < 4.78 is 4.94. The van der Waals surface area contributed by atoms with Gasteiger partial charge in [-0.2, -0.15) is 0 Å². The molecule has 2 fully saturated rings. The lowest BCUT2D eigenvalue weighted by molar-refractivity contribution is 0.0780. The molecule has 0 radical (unpaired) electrons. The zero-order valence-electron chi connectivity index (χ0n) is 8.69. The molecule has 0 aromatic carbocycles. The second kappa shape index (κ2) is 3.40. The van der Waals surface area contributed by atoms with Crippen molar-refractivity contribution >= 4 is 5.91 Å². The third-order valence-corrected chi connectivity index (χ3v) is 3.78. The number of rotatable bonds is 1. The van der Waals surface area contributed by atoms with Gasteiger partial charge in [-0.25, -0.2) is 0 Å². The summed E-state index contributed by atoms with van der Waals surface area (Å²) in [6.45, 7) is 1.91. The molecule has 2 atom stereocenters. The highest BCUT2D eigenvalue weighted by Crippen LogP contribution is 2.38. The molecule has 1 saturated carbocycles. The Morgan fingerprint density at radius 3 is 2.67 bits per heavy atom. The van der Waals surface area contributed by atoms with Gasteiger partial charge in [0.05, 0.1) is 11.8 Å². The van der Waals surface area contributed by atoms with Gasteiger partial charge < -0.3 is 9.32 Å². The summed E-state index contributed by atoms with van der Waals surface area (Å²) in [4.78, 5) is 14.0. The van der Waals surface area contributed by atoms with Crippen LogP contribution < -0.4 is 0 Å². The standard InChI is InChI=1S/C12H15NO2/c14-12(11-4-5-15-8-11)13-6-9-2-1-3-10(9)7-13/h4-5,8-10H,1-3,6-7H2. The fourth-order valence-electron chi connectivity index (χ4n) is 2.97. The van der Waals surface area contributed by atoms with E-state index in [9.17, 15) is 4.79 Å². The predicted molar refractivity (Wildman–Crippen MR) is 55.4 cm³/mol. The first kappa shape index (κ1) is 9.01. The van der Waals surface area contributed by atoms with E-state index in [-0.39, 0.29) is 5.91 Å². The van der Waals surface area contributed by atoms with Gasteiger partial charge in [-0.1, -0.05) is 6.42 Å². The first-order chi connectivity index (χ1) is 7.34. The molecule has 1 aliphatic carbocycles. The topological polar surface area (TPSA) is 33.5 Å². The van der Waals surface area contributed by atoms with Crippen LogP contribution >= 0.6 is 0 Å². The Morgan fingerprint density at radius 1 is 1.33 bits per heavy atom. The van der Waals surface area contributed by atoms with Crippen LogP contribution in [0.3, 0.4) is 0 Å². The second-order valence-corrected chi connectivity index (χ2v) is 4.67. The Morgan fingerprint density at radius 2 is 2.07 bits per heavy atom. The van der Waals surface area contributed by atoms with Crippen molar-refractivity contribution in [1.29, 1.82) is 0 Å². The zero-order valence-corrected chi connectivity index (χ0v) is 8.69. The van der Waals surface area contributed by atoms with E-state index in [1.807, 2.05) is 4.90 Å². The van der Waals surface area contributed by atoms with Crippen molar-refractivity contribution in [2.24, 2.45) is 11.8 Å². The van der Waals surface area contributed by atoms with E-state index in [2.05, 4.69) is 0 Å². The number of hydrogen-bond donors (Lipinski definition) is 0. The van der Waals surface area contributed by atoms with Gasteiger partial charge in [-0.3, -0.25) is 4.79 Å². The van der Waals surface area contributed by atoms with Crippen LogP contribution in [0.1, 0.15) is 29.6 Å². The predicted octanol–water partition coefficient (Wildman–Crippen LogP) is 2.15. The average molecular weight is 205 g/mol. The Labute approximate surface area is 89.1 Å². The second-order valence-electron chi connectivity index (χ2n) is 4.67. The van der Waals surface area contributed by atoms with Gasteiger partial charge in [0.15, 0.2) is 0 Å². The van der Waals surface area contributed by atoms with Gasteiger partial charge >= 0.3 is 0 Å². The molecule has 1 aliphatic heterocycles. The van der Waals surface area contributed by atoms with Crippen LogP contribution in [0.4, 0.5) is 0 Å². The fraction of sp³-hybridized carbons (Fsp3) is 0.583. The maximum absolute atomic E-state index is 12.0. The van der Waals surface area contributed by atoms with Crippen LogP contribution in [0.15, 0.2) is 23.0 Å². The number of carbonyl (C=O) groups excluding carboxylic acids is 1. The van der Waals surface area contributed by atoms with E-state index in [0.717, 1.165) is 24.9 Å². The molecule has 0 N–H and O–H groups in total. The highest BCUT2D eigenvalue weighted by molar-refractivity contribution is 5.94. The molecule has 2 unspecified atom stereocenters. The van der Waals surface area contributed by atoms with E-state index < -0.39 is 0 Å². The number of nitrogens with zero attached hydrogens (tertiary/aromatic N) is 1. The summed E-state index contributed by atoms with van der Waals surface area (Å²) >= 11 is 0. The van der Waals surface area contributed by atoms with E-state index in [4.69, 9.17) is 4.42 Å². The van der Waals surface area contributed by atoms with Crippen LogP contribution in [0.5, 0.6) is 0 Å². The molecule has 2 heterocycles. The van der Waals surface area contributed by atoms with Crippen molar-refractivity contribution in [2.45, 2.75) is 19.3 Å². The van der Waals surface area contributed by atoms with Crippen molar-refractivity contribution in [3.63, 3.8) is 0 Å². The molecule has 1 saturated heterocycles. The molecule has 3 nitrogen and oxygen atoms in total. The van der Waals surface area contributed by atoms with Crippen LogP contribution in [-0.2, 0) is 0 Å². The third kappa shape index (κ3) is 1.46. The van der Waals surface area contributed by atoms with Crippen molar-refractivity contribution in [2.75, 3.05) is 13.1 Å². The SMILES string of the molecule is O=C(c1ccoc1)N1CC2CCCC2C1. The van der Waals surface area contributed by atoms with E-state index in [1.54, 1.807) is 12.3 Å². The number of carbonyl (C=O) groups is 1. The van der Waals surface area contributed by atoms with Gasteiger partial charge in [0.25, 0.3) is 5.91 Å². The lowest BCUT2D eigenvalue weighted by Crippen LogP contribution is -2.29. The molecule has 1 aromatic rings. The largest absolute Gasteiger partial charge is 0.472 e. The third-order valence-electron chi connectivity index (χ3n) is 3.78. The number of amides is 1. The zero-order chi connectivity index (χ0) is 10.3. The monoisotopic (exact) mass is 205 g/mol. The Hall–Kier alpha value is -1.25. The van der Waals surface area contributed by atoms with Crippen LogP contribution in [0, 0.1) is 11.8 Å². The van der Waals surface area contributed by atoms with Crippen molar-refractivity contribution < 1.29 is 9.21 Å². The minimum atomic E-state index is 0.137. The van der Waals surface area contributed by atoms with Crippen molar-refractivity contribution in [3.8, 4) is 0 Å².